The van der Waals surface area contributed by atoms with E-state index in [4.69, 9.17) is 4.98 Å². The highest BCUT2D eigenvalue weighted by atomic mass is 32.1. The van der Waals surface area contributed by atoms with E-state index >= 15 is 0 Å². The number of fused-ring (bicyclic) bond motifs is 1. The van der Waals surface area contributed by atoms with Gasteiger partial charge in [0.25, 0.3) is 0 Å². The molecule has 3 heterocycles. The van der Waals surface area contributed by atoms with Crippen LogP contribution in [0.3, 0.4) is 0 Å². The third kappa shape index (κ3) is 2.50. The Balaban J connectivity index is 1.44. The van der Waals surface area contributed by atoms with E-state index < -0.39 is 0 Å². The molecule has 1 spiro atoms. The van der Waals surface area contributed by atoms with E-state index in [1.165, 1.54) is 34.8 Å². The Kier molecular flexibility index (Phi) is 3.50. The highest BCUT2D eigenvalue weighted by Crippen LogP contribution is 2.38. The van der Waals surface area contributed by atoms with Crippen LogP contribution in [0, 0.1) is 5.41 Å². The molecule has 2 saturated heterocycles. The Morgan fingerprint density at radius 1 is 1.24 bits per heavy atom. The first kappa shape index (κ1) is 13.7. The Bertz CT molecular complexity index is 532. The lowest BCUT2D eigenvalue weighted by Gasteiger charge is -2.32. The molecule has 2 fully saturated rings. The molecule has 5 heteroatoms. The van der Waals surface area contributed by atoms with E-state index in [1.807, 2.05) is 11.3 Å². The highest BCUT2D eigenvalue weighted by Gasteiger charge is 2.45. The second-order valence-corrected chi connectivity index (χ2v) is 7.95. The van der Waals surface area contributed by atoms with Crippen molar-refractivity contribution < 1.29 is 4.79 Å². The molecule has 1 aromatic heterocycles. The second kappa shape index (κ2) is 5.36. The SMILES string of the molecule is O=C1NCCC[C@@]12CCN(Cc1nc3c(s1)CCCC3)C2. The second-order valence-electron chi connectivity index (χ2n) is 6.79. The van der Waals surface area contributed by atoms with Gasteiger partial charge in [0.15, 0.2) is 0 Å². The molecule has 114 valence electrons. The summed E-state index contributed by atoms with van der Waals surface area (Å²) in [7, 11) is 0. The summed E-state index contributed by atoms with van der Waals surface area (Å²) in [5.74, 6) is 0.287. The van der Waals surface area contributed by atoms with Crippen LogP contribution in [-0.4, -0.2) is 35.4 Å². The Morgan fingerprint density at radius 3 is 3.00 bits per heavy atom. The van der Waals surface area contributed by atoms with Gasteiger partial charge in [-0.05, 0) is 51.5 Å². The van der Waals surface area contributed by atoms with Crippen LogP contribution in [0.15, 0.2) is 0 Å². The minimum atomic E-state index is -0.102. The lowest BCUT2D eigenvalue weighted by Crippen LogP contribution is -2.47. The van der Waals surface area contributed by atoms with Gasteiger partial charge in [0.2, 0.25) is 5.91 Å². The summed E-state index contributed by atoms with van der Waals surface area (Å²) in [4.78, 5) is 21.0. The van der Waals surface area contributed by atoms with Crippen molar-refractivity contribution in [2.75, 3.05) is 19.6 Å². The van der Waals surface area contributed by atoms with Crippen LogP contribution in [0.25, 0.3) is 0 Å². The number of carbonyl (C=O) groups is 1. The van der Waals surface area contributed by atoms with Gasteiger partial charge >= 0.3 is 0 Å². The molecule has 4 nitrogen and oxygen atoms in total. The number of amides is 1. The molecule has 21 heavy (non-hydrogen) atoms. The van der Waals surface area contributed by atoms with Crippen LogP contribution in [0.5, 0.6) is 0 Å². The summed E-state index contributed by atoms with van der Waals surface area (Å²) >= 11 is 1.90. The van der Waals surface area contributed by atoms with Crippen molar-refractivity contribution in [1.29, 1.82) is 0 Å². The molecule has 1 aromatic rings. The van der Waals surface area contributed by atoms with E-state index in [1.54, 1.807) is 0 Å². The quantitative estimate of drug-likeness (QED) is 0.910. The fraction of sp³-hybridized carbons (Fsp3) is 0.750. The summed E-state index contributed by atoms with van der Waals surface area (Å²) in [5.41, 5.74) is 1.25. The fourth-order valence-corrected chi connectivity index (χ4v) is 5.28. The number of thiazole rings is 1. The minimum Gasteiger partial charge on any atom is -0.356 e. The van der Waals surface area contributed by atoms with Gasteiger partial charge < -0.3 is 5.32 Å². The van der Waals surface area contributed by atoms with Gasteiger partial charge in [0, 0.05) is 18.0 Å². The average Bonchev–Trinajstić information content (AvgIpc) is 3.07. The Labute approximate surface area is 129 Å². The van der Waals surface area contributed by atoms with Gasteiger partial charge in [-0.2, -0.15) is 0 Å². The van der Waals surface area contributed by atoms with Crippen LogP contribution < -0.4 is 5.32 Å². The summed E-state index contributed by atoms with van der Waals surface area (Å²) in [6, 6.07) is 0. The topological polar surface area (TPSA) is 45.2 Å². The van der Waals surface area contributed by atoms with Crippen LogP contribution in [0.1, 0.15) is 47.7 Å². The number of piperidine rings is 1. The number of aryl methyl sites for hydroxylation is 2. The smallest absolute Gasteiger partial charge is 0.227 e. The molecule has 0 bridgehead atoms. The van der Waals surface area contributed by atoms with Crippen molar-refractivity contribution in [3.05, 3.63) is 15.6 Å². The van der Waals surface area contributed by atoms with Crippen molar-refractivity contribution in [3.63, 3.8) is 0 Å². The van der Waals surface area contributed by atoms with E-state index in [0.29, 0.717) is 0 Å². The minimum absolute atomic E-state index is 0.102. The van der Waals surface area contributed by atoms with Gasteiger partial charge in [0.1, 0.15) is 5.01 Å². The monoisotopic (exact) mass is 305 g/mol. The number of aromatic nitrogens is 1. The van der Waals surface area contributed by atoms with Gasteiger partial charge in [0.05, 0.1) is 17.7 Å². The third-order valence-corrected chi connectivity index (χ3v) is 6.42. The van der Waals surface area contributed by atoms with E-state index in [9.17, 15) is 4.79 Å². The number of likely N-dealkylation sites (tertiary alicyclic amines) is 1. The zero-order valence-corrected chi connectivity index (χ0v) is 13.3. The lowest BCUT2D eigenvalue weighted by atomic mass is 9.79. The van der Waals surface area contributed by atoms with Gasteiger partial charge in [-0.15, -0.1) is 11.3 Å². The molecule has 0 saturated carbocycles. The molecule has 1 amide bonds. The molecule has 1 atom stereocenters. The van der Waals surface area contributed by atoms with Crippen molar-refractivity contribution in [3.8, 4) is 0 Å². The lowest BCUT2D eigenvalue weighted by molar-refractivity contribution is -0.132. The van der Waals surface area contributed by atoms with Crippen molar-refractivity contribution in [2.24, 2.45) is 5.41 Å². The average molecular weight is 305 g/mol. The van der Waals surface area contributed by atoms with Crippen molar-refractivity contribution in [1.82, 2.24) is 15.2 Å². The van der Waals surface area contributed by atoms with Gasteiger partial charge in [-0.1, -0.05) is 0 Å². The van der Waals surface area contributed by atoms with E-state index in [-0.39, 0.29) is 11.3 Å². The van der Waals surface area contributed by atoms with Crippen LogP contribution in [-0.2, 0) is 24.2 Å². The molecule has 0 aromatic carbocycles. The van der Waals surface area contributed by atoms with Crippen LogP contribution in [0.2, 0.25) is 0 Å². The summed E-state index contributed by atoms with van der Waals surface area (Å²) in [6.07, 6.45) is 8.21. The van der Waals surface area contributed by atoms with Gasteiger partial charge in [-0.25, -0.2) is 4.98 Å². The number of nitrogens with one attached hydrogen (secondary N) is 1. The largest absolute Gasteiger partial charge is 0.356 e. The summed E-state index contributed by atoms with van der Waals surface area (Å²) < 4.78 is 0. The first-order valence-corrected chi connectivity index (χ1v) is 9.05. The highest BCUT2D eigenvalue weighted by molar-refractivity contribution is 7.11. The Morgan fingerprint density at radius 2 is 2.14 bits per heavy atom. The fourth-order valence-electron chi connectivity index (χ4n) is 4.08. The molecule has 3 aliphatic rings. The normalized spacial score (nSPS) is 29.6. The van der Waals surface area contributed by atoms with Crippen LogP contribution in [0.4, 0.5) is 0 Å². The number of hydrogen-bond acceptors (Lipinski definition) is 4. The first-order chi connectivity index (χ1) is 10.3. The molecule has 0 radical (unpaired) electrons. The van der Waals surface area contributed by atoms with Crippen molar-refractivity contribution >= 4 is 17.2 Å². The summed E-state index contributed by atoms with van der Waals surface area (Å²) in [5, 5.41) is 4.32. The number of carbonyl (C=O) groups excluding carboxylic acids is 1. The molecule has 2 aliphatic heterocycles. The van der Waals surface area contributed by atoms with E-state index in [2.05, 4.69) is 10.2 Å². The molecule has 1 N–H and O–H groups in total. The first-order valence-electron chi connectivity index (χ1n) is 8.23. The molecular weight excluding hydrogens is 282 g/mol. The van der Waals surface area contributed by atoms with Gasteiger partial charge in [-0.3, -0.25) is 9.69 Å². The Hall–Kier alpha value is -0.940. The maximum absolute atomic E-state index is 12.2. The molecule has 4 rings (SSSR count). The third-order valence-electron chi connectivity index (χ3n) is 5.28. The zero-order valence-electron chi connectivity index (χ0n) is 12.5. The maximum atomic E-state index is 12.2. The predicted octanol–water partition coefficient (Wildman–Crippen LogP) is 2.12. The molecular formula is C16H23N3OS. The zero-order chi connectivity index (χ0) is 14.3. The number of nitrogens with zero attached hydrogens (tertiary/aromatic N) is 2. The number of rotatable bonds is 2. The van der Waals surface area contributed by atoms with Crippen molar-refractivity contribution in [2.45, 2.75) is 51.5 Å². The van der Waals surface area contributed by atoms with E-state index in [0.717, 1.165) is 51.9 Å². The standard InChI is InChI=1S/C16H23N3OS/c20-15-16(6-3-8-17-15)7-9-19(11-16)10-14-18-12-4-1-2-5-13(12)21-14/h1-11H2,(H,17,20)/t16-/m0/s1. The van der Waals surface area contributed by atoms with Crippen LogP contribution >= 0.6 is 11.3 Å². The summed E-state index contributed by atoms with van der Waals surface area (Å²) in [6.45, 7) is 3.76. The molecule has 0 unspecified atom stereocenters. The predicted molar refractivity (Wildman–Crippen MR) is 83.3 cm³/mol. The number of hydrogen-bond donors (Lipinski definition) is 1. The molecule has 1 aliphatic carbocycles. The maximum Gasteiger partial charge on any atom is 0.227 e.